The molecule has 0 unspecified atom stereocenters. The molecule has 2 aliphatic rings. The quantitative estimate of drug-likeness (QED) is 0.700. The minimum atomic E-state index is -0.223. The molecule has 0 radical (unpaired) electrons. The lowest BCUT2D eigenvalue weighted by atomic mass is 10.1. The largest absolute Gasteiger partial charge is 0.497 e. The maximum atomic E-state index is 12.6. The van der Waals surface area contributed by atoms with Crippen LogP contribution in [0.1, 0.15) is 33.4 Å². The van der Waals surface area contributed by atoms with Crippen LogP contribution in [0.2, 0.25) is 0 Å². The summed E-state index contributed by atoms with van der Waals surface area (Å²) in [6, 6.07) is 15.1. The molecule has 0 bridgehead atoms. The molecule has 5 rings (SSSR count). The van der Waals surface area contributed by atoms with Crippen LogP contribution >= 0.6 is 0 Å². The minimum Gasteiger partial charge on any atom is -0.497 e. The molecular weight excluding hydrogens is 386 g/mol. The first-order chi connectivity index (χ1) is 14.7. The summed E-state index contributed by atoms with van der Waals surface area (Å²) >= 11 is 0. The second-order valence-electron chi connectivity index (χ2n) is 7.15. The van der Waals surface area contributed by atoms with Crippen LogP contribution < -0.4 is 19.5 Å². The summed E-state index contributed by atoms with van der Waals surface area (Å²) in [5, 5.41) is 7.39. The highest BCUT2D eigenvalue weighted by Crippen LogP contribution is 2.36. The van der Waals surface area contributed by atoms with E-state index in [1.807, 2.05) is 47.1 Å². The van der Waals surface area contributed by atoms with E-state index < -0.39 is 0 Å². The molecule has 1 atom stereocenters. The number of rotatable bonds is 5. The van der Waals surface area contributed by atoms with Gasteiger partial charge in [0.2, 0.25) is 6.79 Å². The van der Waals surface area contributed by atoms with Crippen LogP contribution in [0.5, 0.6) is 17.2 Å². The zero-order valence-electron chi connectivity index (χ0n) is 16.5. The first-order valence-electron chi connectivity index (χ1n) is 9.68. The highest BCUT2D eigenvalue weighted by molar-refractivity contribution is 5.92. The molecule has 0 saturated carbocycles. The molecule has 154 valence electrons. The Hall–Kier alpha value is -3.52. The van der Waals surface area contributed by atoms with Gasteiger partial charge in [0.05, 0.1) is 26.0 Å². The maximum absolute atomic E-state index is 12.6. The van der Waals surface area contributed by atoms with Gasteiger partial charge in [-0.2, -0.15) is 5.10 Å². The van der Waals surface area contributed by atoms with E-state index in [9.17, 15) is 4.79 Å². The van der Waals surface area contributed by atoms with Crippen molar-refractivity contribution >= 4 is 5.91 Å². The predicted octanol–water partition coefficient (Wildman–Crippen LogP) is 2.82. The van der Waals surface area contributed by atoms with Gasteiger partial charge in [-0.1, -0.05) is 18.2 Å². The first-order valence-corrected chi connectivity index (χ1v) is 9.68. The SMILES string of the molecule is COc1cccc(CNC(=O)c2cc3n(n2)C[C@@H](c2ccc4c(c2)OCO4)OC3)c1. The molecular formula is C22H21N3O5. The van der Waals surface area contributed by atoms with E-state index >= 15 is 0 Å². The Morgan fingerprint density at radius 2 is 2.10 bits per heavy atom. The summed E-state index contributed by atoms with van der Waals surface area (Å²) in [6.07, 6.45) is -0.167. The van der Waals surface area contributed by atoms with E-state index in [-0.39, 0.29) is 18.8 Å². The van der Waals surface area contributed by atoms with Gasteiger partial charge in [0.1, 0.15) is 11.9 Å². The van der Waals surface area contributed by atoms with Gasteiger partial charge in [0, 0.05) is 6.54 Å². The molecule has 0 fully saturated rings. The Labute approximate surface area is 173 Å². The number of hydrogen-bond acceptors (Lipinski definition) is 6. The summed E-state index contributed by atoms with van der Waals surface area (Å²) in [5.41, 5.74) is 3.20. The fraction of sp³-hybridized carbons (Fsp3) is 0.273. The van der Waals surface area contributed by atoms with E-state index in [4.69, 9.17) is 18.9 Å². The van der Waals surface area contributed by atoms with Crippen LogP contribution in [0.3, 0.4) is 0 Å². The number of hydrogen-bond donors (Lipinski definition) is 1. The fourth-order valence-corrected chi connectivity index (χ4v) is 3.61. The zero-order chi connectivity index (χ0) is 20.5. The molecule has 1 amide bonds. The zero-order valence-corrected chi connectivity index (χ0v) is 16.5. The van der Waals surface area contributed by atoms with Gasteiger partial charge in [-0.15, -0.1) is 0 Å². The van der Waals surface area contributed by atoms with Gasteiger partial charge in [0.25, 0.3) is 5.91 Å². The van der Waals surface area contributed by atoms with E-state index in [1.165, 1.54) is 0 Å². The Bertz CT molecular complexity index is 1090. The number of fused-ring (bicyclic) bond motifs is 2. The third kappa shape index (κ3) is 3.57. The van der Waals surface area contributed by atoms with Crippen molar-refractivity contribution in [3.63, 3.8) is 0 Å². The third-order valence-corrected chi connectivity index (χ3v) is 5.22. The molecule has 8 nitrogen and oxygen atoms in total. The smallest absolute Gasteiger partial charge is 0.272 e. The van der Waals surface area contributed by atoms with Crippen molar-refractivity contribution in [1.29, 1.82) is 0 Å². The third-order valence-electron chi connectivity index (χ3n) is 5.22. The van der Waals surface area contributed by atoms with Gasteiger partial charge in [-0.3, -0.25) is 9.48 Å². The van der Waals surface area contributed by atoms with Crippen LogP contribution in [0.4, 0.5) is 0 Å². The van der Waals surface area contributed by atoms with Crippen LogP contribution in [0.15, 0.2) is 48.5 Å². The molecule has 3 heterocycles. The normalized spacial score (nSPS) is 16.8. The number of methoxy groups -OCH3 is 1. The molecule has 0 saturated heterocycles. The van der Waals surface area contributed by atoms with Gasteiger partial charge in [0.15, 0.2) is 17.2 Å². The number of amides is 1. The molecule has 2 aliphatic heterocycles. The molecule has 1 N–H and O–H groups in total. The second kappa shape index (κ2) is 7.72. The topological polar surface area (TPSA) is 83.8 Å². The average molecular weight is 407 g/mol. The lowest BCUT2D eigenvalue weighted by Crippen LogP contribution is -2.24. The number of aromatic nitrogens is 2. The molecule has 0 spiro atoms. The van der Waals surface area contributed by atoms with Gasteiger partial charge < -0.3 is 24.3 Å². The van der Waals surface area contributed by atoms with Gasteiger partial charge >= 0.3 is 0 Å². The molecule has 2 aromatic carbocycles. The van der Waals surface area contributed by atoms with Crippen molar-refractivity contribution in [3.05, 3.63) is 71.0 Å². The van der Waals surface area contributed by atoms with Gasteiger partial charge in [-0.05, 0) is 41.5 Å². The Balaban J connectivity index is 1.26. The number of nitrogens with one attached hydrogen (secondary N) is 1. The highest BCUT2D eigenvalue weighted by atomic mass is 16.7. The van der Waals surface area contributed by atoms with Crippen LogP contribution in [-0.2, 0) is 24.4 Å². The van der Waals surface area contributed by atoms with Crippen molar-refractivity contribution < 1.29 is 23.7 Å². The number of nitrogens with zero attached hydrogens (tertiary/aromatic N) is 2. The fourth-order valence-electron chi connectivity index (χ4n) is 3.61. The van der Waals surface area contributed by atoms with Crippen molar-refractivity contribution in [2.45, 2.75) is 25.8 Å². The van der Waals surface area contributed by atoms with Crippen molar-refractivity contribution in [3.8, 4) is 17.2 Å². The van der Waals surface area contributed by atoms with Crippen molar-refractivity contribution in [1.82, 2.24) is 15.1 Å². The number of ether oxygens (including phenoxy) is 4. The molecule has 3 aromatic rings. The maximum Gasteiger partial charge on any atom is 0.272 e. The van der Waals surface area contributed by atoms with Crippen LogP contribution in [0, 0.1) is 0 Å². The van der Waals surface area contributed by atoms with E-state index in [0.29, 0.717) is 25.4 Å². The van der Waals surface area contributed by atoms with Crippen LogP contribution in [0.25, 0.3) is 0 Å². The van der Waals surface area contributed by atoms with E-state index in [2.05, 4.69) is 10.4 Å². The van der Waals surface area contributed by atoms with Crippen molar-refractivity contribution in [2.24, 2.45) is 0 Å². The molecule has 0 aliphatic carbocycles. The standard InChI is InChI=1S/C22H21N3O5/c1-27-17-4-2-3-14(7-17)10-23-22(26)18-9-16-12-28-21(11-25(16)24-18)15-5-6-19-20(8-15)30-13-29-19/h2-9,21H,10-13H2,1H3,(H,23,26)/t21-/m0/s1. The summed E-state index contributed by atoms with van der Waals surface area (Å²) in [6.45, 7) is 1.55. The molecule has 30 heavy (non-hydrogen) atoms. The molecule has 1 aromatic heterocycles. The number of carbonyl (C=O) groups excluding carboxylic acids is 1. The monoisotopic (exact) mass is 407 g/mol. The summed E-state index contributed by atoms with van der Waals surface area (Å²) in [7, 11) is 1.62. The second-order valence-corrected chi connectivity index (χ2v) is 7.15. The minimum absolute atomic E-state index is 0.167. The van der Waals surface area contributed by atoms with Gasteiger partial charge in [-0.25, -0.2) is 0 Å². The van der Waals surface area contributed by atoms with Crippen LogP contribution in [-0.4, -0.2) is 29.6 Å². The lowest BCUT2D eigenvalue weighted by Gasteiger charge is -2.24. The molecule has 8 heteroatoms. The lowest BCUT2D eigenvalue weighted by molar-refractivity contribution is -0.00128. The Kier molecular flexibility index (Phi) is 4.76. The Morgan fingerprint density at radius 3 is 3.00 bits per heavy atom. The Morgan fingerprint density at radius 1 is 1.20 bits per heavy atom. The summed E-state index contributed by atoms with van der Waals surface area (Å²) in [5.74, 6) is 1.99. The number of benzene rings is 2. The average Bonchev–Trinajstić information content (AvgIpc) is 3.43. The predicted molar refractivity (Wildman–Crippen MR) is 106 cm³/mol. The summed E-state index contributed by atoms with van der Waals surface area (Å²) < 4.78 is 23.9. The van der Waals surface area contributed by atoms with E-state index in [1.54, 1.807) is 13.2 Å². The number of carbonyl (C=O) groups is 1. The first kappa shape index (κ1) is 18.5. The highest BCUT2D eigenvalue weighted by Gasteiger charge is 2.25. The van der Waals surface area contributed by atoms with E-state index in [0.717, 1.165) is 34.1 Å². The summed E-state index contributed by atoms with van der Waals surface area (Å²) in [4.78, 5) is 12.6. The van der Waals surface area contributed by atoms with Crippen molar-refractivity contribution in [2.75, 3.05) is 13.9 Å².